The van der Waals surface area contributed by atoms with Crippen LogP contribution in [0.1, 0.15) is 102 Å². The van der Waals surface area contributed by atoms with Gasteiger partial charge in [-0.15, -0.1) is 11.8 Å². The number of amides is 1. The van der Waals surface area contributed by atoms with Crippen LogP contribution in [-0.2, 0) is 9.59 Å². The van der Waals surface area contributed by atoms with Crippen molar-refractivity contribution >= 4 is 29.6 Å². The first-order valence-corrected chi connectivity index (χ1v) is 17.1. The number of allylic oxidation sites excluding steroid dienone is 10. The second-order valence-corrected chi connectivity index (χ2v) is 12.2. The van der Waals surface area contributed by atoms with E-state index in [-0.39, 0.29) is 28.4 Å². The lowest BCUT2D eigenvalue weighted by Crippen LogP contribution is -2.47. The number of carbonyl (C=O) groups is 3. The highest BCUT2D eigenvalue weighted by Gasteiger charge is 2.28. The average molecular weight is 624 g/mol. The van der Waals surface area contributed by atoms with Crippen LogP contribution in [0, 0.1) is 5.92 Å². The molecule has 0 heterocycles. The number of benzene rings is 1. The van der Waals surface area contributed by atoms with Crippen LogP contribution in [-0.4, -0.2) is 40.0 Å². The number of unbranched alkanes of at least 4 members (excludes halogenated alkanes) is 2. The molecule has 1 unspecified atom stereocenters. The summed E-state index contributed by atoms with van der Waals surface area (Å²) < 4.78 is 5.43. The van der Waals surface area contributed by atoms with Crippen LogP contribution in [0.5, 0.6) is 5.75 Å². The fourth-order valence-corrected chi connectivity index (χ4v) is 5.31. The van der Waals surface area contributed by atoms with Gasteiger partial charge in [-0.25, -0.2) is 9.59 Å². The van der Waals surface area contributed by atoms with Crippen LogP contribution in [0.25, 0.3) is 0 Å². The van der Waals surface area contributed by atoms with E-state index in [2.05, 4.69) is 73.0 Å². The smallest absolute Gasteiger partial charge is 0.339 e. The minimum atomic E-state index is -1.18. The molecule has 0 aliphatic rings. The van der Waals surface area contributed by atoms with E-state index in [0.29, 0.717) is 12.8 Å². The first-order valence-electron chi connectivity index (χ1n) is 16.0. The Bertz CT molecular complexity index is 1120. The van der Waals surface area contributed by atoms with Gasteiger partial charge < -0.3 is 15.2 Å². The molecular formula is C37H53NO5S. The van der Waals surface area contributed by atoms with Gasteiger partial charge in [0.05, 0.1) is 5.25 Å². The van der Waals surface area contributed by atoms with Crippen molar-refractivity contribution in [1.29, 1.82) is 0 Å². The molecule has 0 radical (unpaired) electrons. The summed E-state index contributed by atoms with van der Waals surface area (Å²) in [6, 6.07) is 5.15. The van der Waals surface area contributed by atoms with E-state index in [9.17, 15) is 19.5 Å². The van der Waals surface area contributed by atoms with Gasteiger partial charge in [0, 0.05) is 0 Å². The molecule has 0 saturated carbocycles. The normalized spacial score (nSPS) is 13.6. The third-order valence-corrected chi connectivity index (χ3v) is 8.02. The van der Waals surface area contributed by atoms with Gasteiger partial charge in [0.15, 0.2) is 0 Å². The number of aromatic carboxylic acids is 1. The Labute approximate surface area is 269 Å². The Hall–Kier alpha value is -3.32. The fourth-order valence-electron chi connectivity index (χ4n) is 4.20. The van der Waals surface area contributed by atoms with Gasteiger partial charge in [0.1, 0.15) is 17.4 Å². The summed E-state index contributed by atoms with van der Waals surface area (Å²) in [7, 11) is 0. The number of para-hydroxylation sites is 1. The highest BCUT2D eigenvalue weighted by molar-refractivity contribution is 8.00. The van der Waals surface area contributed by atoms with Crippen molar-refractivity contribution in [2.24, 2.45) is 5.92 Å². The number of rotatable bonds is 23. The maximum atomic E-state index is 13.1. The maximum absolute atomic E-state index is 13.1. The van der Waals surface area contributed by atoms with Crippen molar-refractivity contribution in [2.75, 3.05) is 5.75 Å². The standard InChI is InChI=1S/C37H53NO5S/c1-5-7-8-9-10-11-12-13-14-15-16-17-18-19-20-21-22-25-28-44-34(6-2)35(39)38-32(29-30(3)4)37(42)43-33-27-24-23-26-31(33)36(40)41/h7-8,10-11,13-14,16-17,19-20,23-24,26-27,30,32,34H,5-6,9,12,15,18,21-22,25,28-29H2,1-4H3,(H,38,39)(H,40,41)/t32?,34-/m1/s1. The van der Waals surface area contributed by atoms with Crippen LogP contribution in [0.15, 0.2) is 85.0 Å². The number of hydrogen-bond donors (Lipinski definition) is 2. The van der Waals surface area contributed by atoms with E-state index >= 15 is 0 Å². The van der Waals surface area contributed by atoms with Gasteiger partial charge in [0.2, 0.25) is 5.91 Å². The topological polar surface area (TPSA) is 92.7 Å². The second kappa shape index (κ2) is 25.1. The summed E-state index contributed by atoms with van der Waals surface area (Å²) in [5, 5.41) is 12.0. The van der Waals surface area contributed by atoms with E-state index < -0.39 is 18.0 Å². The Balaban J connectivity index is 2.35. The molecule has 1 aromatic rings. The molecule has 0 bridgehead atoms. The highest BCUT2D eigenvalue weighted by atomic mass is 32.2. The molecule has 44 heavy (non-hydrogen) atoms. The monoisotopic (exact) mass is 623 g/mol. The van der Waals surface area contributed by atoms with Gasteiger partial charge in [-0.1, -0.05) is 101 Å². The van der Waals surface area contributed by atoms with Crippen molar-refractivity contribution in [3.05, 3.63) is 90.6 Å². The molecule has 0 fully saturated rings. The molecule has 7 heteroatoms. The number of thioether (sulfide) groups is 1. The molecule has 2 atom stereocenters. The van der Waals surface area contributed by atoms with Gasteiger partial charge >= 0.3 is 11.9 Å². The van der Waals surface area contributed by atoms with E-state index in [1.54, 1.807) is 23.9 Å². The number of nitrogens with one attached hydrogen (secondary N) is 1. The van der Waals surface area contributed by atoms with Crippen LogP contribution >= 0.6 is 11.8 Å². The lowest BCUT2D eigenvalue weighted by atomic mass is 10.0. The summed E-state index contributed by atoms with van der Waals surface area (Å²) in [6.07, 6.45) is 31.1. The zero-order valence-corrected chi connectivity index (χ0v) is 27.9. The van der Waals surface area contributed by atoms with E-state index in [0.717, 1.165) is 57.1 Å². The van der Waals surface area contributed by atoms with Crippen molar-refractivity contribution in [2.45, 2.75) is 103 Å². The zero-order chi connectivity index (χ0) is 32.4. The predicted molar refractivity (Wildman–Crippen MR) is 185 cm³/mol. The molecule has 1 aromatic carbocycles. The maximum Gasteiger partial charge on any atom is 0.339 e. The van der Waals surface area contributed by atoms with Crippen LogP contribution < -0.4 is 10.1 Å². The minimum Gasteiger partial charge on any atom is -0.478 e. The number of esters is 1. The van der Waals surface area contributed by atoms with E-state index in [1.165, 1.54) is 12.1 Å². The molecule has 0 spiro atoms. The Morgan fingerprint density at radius 1 is 0.841 bits per heavy atom. The second-order valence-electron chi connectivity index (χ2n) is 10.9. The van der Waals surface area contributed by atoms with Crippen molar-refractivity contribution in [3.8, 4) is 5.75 Å². The van der Waals surface area contributed by atoms with Crippen molar-refractivity contribution < 1.29 is 24.2 Å². The Morgan fingerprint density at radius 2 is 1.41 bits per heavy atom. The van der Waals surface area contributed by atoms with Crippen LogP contribution in [0.3, 0.4) is 0 Å². The molecular weight excluding hydrogens is 570 g/mol. The average Bonchev–Trinajstić information content (AvgIpc) is 2.99. The van der Waals surface area contributed by atoms with Gasteiger partial charge in [-0.3, -0.25) is 4.79 Å². The molecule has 1 amide bonds. The SMILES string of the molecule is CCC=CCC=CCC=CCC=CCC=CCCCCS[C@H](CC)C(=O)NC(CC(C)C)C(=O)Oc1ccccc1C(=O)O. The molecule has 2 N–H and O–H groups in total. The lowest BCUT2D eigenvalue weighted by Gasteiger charge is -2.22. The van der Waals surface area contributed by atoms with Crippen LogP contribution in [0.2, 0.25) is 0 Å². The largest absolute Gasteiger partial charge is 0.478 e. The minimum absolute atomic E-state index is 0.0260. The number of hydrogen-bond acceptors (Lipinski definition) is 5. The summed E-state index contributed by atoms with van der Waals surface area (Å²) in [4.78, 5) is 37.5. The first kappa shape index (κ1) is 38.7. The Kier molecular flexibility index (Phi) is 22.0. The van der Waals surface area contributed by atoms with E-state index in [4.69, 9.17) is 4.74 Å². The van der Waals surface area contributed by atoms with Crippen molar-refractivity contribution in [1.82, 2.24) is 5.32 Å². The Morgan fingerprint density at radius 3 is 1.95 bits per heavy atom. The third-order valence-electron chi connectivity index (χ3n) is 6.54. The quantitative estimate of drug-likeness (QED) is 0.0546. The summed E-state index contributed by atoms with van der Waals surface area (Å²) in [5.74, 6) is -1.06. The van der Waals surface area contributed by atoms with Gasteiger partial charge in [0.25, 0.3) is 0 Å². The van der Waals surface area contributed by atoms with Crippen molar-refractivity contribution in [3.63, 3.8) is 0 Å². The third kappa shape index (κ3) is 18.4. The molecule has 6 nitrogen and oxygen atoms in total. The number of ether oxygens (including phenoxy) is 1. The van der Waals surface area contributed by atoms with Gasteiger partial charge in [-0.2, -0.15) is 0 Å². The number of carboxylic acids is 1. The predicted octanol–water partition coefficient (Wildman–Crippen LogP) is 9.25. The zero-order valence-electron chi connectivity index (χ0n) is 27.1. The number of carbonyl (C=O) groups excluding carboxylic acids is 2. The lowest BCUT2D eigenvalue weighted by molar-refractivity contribution is -0.139. The molecule has 1 rings (SSSR count). The first-order chi connectivity index (χ1) is 21.3. The summed E-state index contributed by atoms with van der Waals surface area (Å²) in [5.41, 5.74) is -0.0953. The molecule has 0 saturated heterocycles. The fraction of sp³-hybridized carbons (Fsp3) is 0.486. The highest BCUT2D eigenvalue weighted by Crippen LogP contribution is 2.21. The molecule has 242 valence electrons. The molecule has 0 aliphatic carbocycles. The van der Waals surface area contributed by atoms with Crippen LogP contribution in [0.4, 0.5) is 0 Å². The molecule has 0 aliphatic heterocycles. The van der Waals surface area contributed by atoms with Gasteiger partial charge in [-0.05, 0) is 88.0 Å². The van der Waals surface area contributed by atoms with E-state index in [1.807, 2.05) is 20.8 Å². The summed E-state index contributed by atoms with van der Waals surface area (Å²) >= 11 is 1.61. The summed E-state index contributed by atoms with van der Waals surface area (Å²) in [6.45, 7) is 8.03. The number of carboxylic acid groups (broad SMARTS) is 1. The molecule has 0 aromatic heterocycles.